The zero-order valence-corrected chi connectivity index (χ0v) is 19.0. The Morgan fingerprint density at radius 2 is 1.65 bits per heavy atom. The van der Waals surface area contributed by atoms with Crippen LogP contribution in [0, 0.1) is 5.82 Å². The topological polar surface area (TPSA) is 63.7 Å². The molecular weight excluding hydrogens is 474 g/mol. The number of hydrogen-bond donors (Lipinski definition) is 0. The number of carbonyl (C=O) groups is 1. The Bertz CT molecular complexity index is 1290. The standard InChI is InChI=1S/C24H21F4NO4S/c1-16(2)29(23(30)18-7-4-9-20(25)13-18)15-17-6-3-10-21(12-17)33-34(31,32)22-11-5-8-19(14-22)24(26,27)28/h3-14,16H,15H2,1-2H3. The Kier molecular flexibility index (Phi) is 7.30. The number of halogens is 4. The van der Waals surface area contributed by atoms with E-state index in [0.29, 0.717) is 11.6 Å². The fraction of sp³-hybridized carbons (Fsp3) is 0.208. The summed E-state index contributed by atoms with van der Waals surface area (Å²) in [6, 6.07) is 14.1. The van der Waals surface area contributed by atoms with Crippen LogP contribution in [0.4, 0.5) is 17.6 Å². The molecule has 5 nitrogen and oxygen atoms in total. The molecule has 0 N–H and O–H groups in total. The van der Waals surface area contributed by atoms with Crippen molar-refractivity contribution in [2.45, 2.75) is 37.5 Å². The molecule has 1 amide bonds. The zero-order valence-electron chi connectivity index (χ0n) is 18.2. The molecule has 0 aliphatic rings. The Balaban J connectivity index is 1.83. The van der Waals surface area contributed by atoms with Crippen LogP contribution in [0.25, 0.3) is 0 Å². The molecule has 0 aliphatic heterocycles. The van der Waals surface area contributed by atoms with Crippen LogP contribution < -0.4 is 4.18 Å². The summed E-state index contributed by atoms with van der Waals surface area (Å²) in [6.45, 7) is 3.61. The molecule has 0 aliphatic carbocycles. The summed E-state index contributed by atoms with van der Waals surface area (Å²) in [4.78, 5) is 13.7. The molecule has 0 spiro atoms. The summed E-state index contributed by atoms with van der Waals surface area (Å²) in [7, 11) is -4.54. The van der Waals surface area contributed by atoms with Gasteiger partial charge in [-0.2, -0.15) is 21.6 Å². The predicted molar refractivity (Wildman–Crippen MR) is 117 cm³/mol. The van der Waals surface area contributed by atoms with E-state index in [0.717, 1.165) is 24.3 Å². The van der Waals surface area contributed by atoms with Gasteiger partial charge in [-0.25, -0.2) is 4.39 Å². The van der Waals surface area contributed by atoms with Crippen LogP contribution in [0.5, 0.6) is 5.75 Å². The highest BCUT2D eigenvalue weighted by Crippen LogP contribution is 2.31. The van der Waals surface area contributed by atoms with Crippen molar-refractivity contribution in [3.63, 3.8) is 0 Å². The SMILES string of the molecule is CC(C)N(Cc1cccc(OS(=O)(=O)c2cccc(C(F)(F)F)c2)c1)C(=O)c1cccc(F)c1. The Morgan fingerprint density at radius 1 is 0.971 bits per heavy atom. The Morgan fingerprint density at radius 3 is 2.29 bits per heavy atom. The molecule has 0 saturated heterocycles. The van der Waals surface area contributed by atoms with E-state index in [-0.39, 0.29) is 23.9 Å². The smallest absolute Gasteiger partial charge is 0.379 e. The van der Waals surface area contributed by atoms with Crippen LogP contribution in [0.3, 0.4) is 0 Å². The maximum Gasteiger partial charge on any atom is 0.416 e. The van der Waals surface area contributed by atoms with E-state index in [1.165, 1.54) is 41.3 Å². The first-order valence-electron chi connectivity index (χ1n) is 10.1. The summed E-state index contributed by atoms with van der Waals surface area (Å²) in [6.07, 6.45) is -4.71. The second kappa shape index (κ2) is 9.84. The van der Waals surface area contributed by atoms with E-state index >= 15 is 0 Å². The quantitative estimate of drug-likeness (QED) is 0.313. The molecule has 34 heavy (non-hydrogen) atoms. The van der Waals surface area contributed by atoms with Gasteiger partial charge in [0, 0.05) is 18.2 Å². The lowest BCUT2D eigenvalue weighted by atomic mass is 10.1. The van der Waals surface area contributed by atoms with Gasteiger partial charge in [0.05, 0.1) is 5.56 Å². The second-order valence-corrected chi connectivity index (χ2v) is 9.29. The summed E-state index contributed by atoms with van der Waals surface area (Å²) in [5.41, 5.74) is -0.446. The molecule has 0 atom stereocenters. The first-order valence-corrected chi connectivity index (χ1v) is 11.5. The number of alkyl halides is 3. The third-order valence-electron chi connectivity index (χ3n) is 4.86. The molecule has 0 heterocycles. The first kappa shape index (κ1) is 25.2. The van der Waals surface area contributed by atoms with Crippen LogP contribution in [0.15, 0.2) is 77.7 Å². The van der Waals surface area contributed by atoms with Crippen LogP contribution in [-0.2, 0) is 22.8 Å². The van der Waals surface area contributed by atoms with Gasteiger partial charge in [-0.15, -0.1) is 0 Å². The van der Waals surface area contributed by atoms with Gasteiger partial charge in [0.1, 0.15) is 16.5 Å². The molecule has 3 aromatic carbocycles. The lowest BCUT2D eigenvalue weighted by Gasteiger charge is -2.27. The summed E-state index contributed by atoms with van der Waals surface area (Å²) in [5, 5.41) is 0. The molecule has 0 bridgehead atoms. The van der Waals surface area contributed by atoms with Crippen molar-refractivity contribution in [1.29, 1.82) is 0 Å². The molecule has 10 heteroatoms. The van der Waals surface area contributed by atoms with Crippen molar-refractivity contribution in [3.8, 4) is 5.75 Å². The molecule has 180 valence electrons. The number of carbonyl (C=O) groups excluding carboxylic acids is 1. The lowest BCUT2D eigenvalue weighted by Crippen LogP contribution is -2.36. The van der Waals surface area contributed by atoms with Crippen LogP contribution in [0.1, 0.15) is 35.3 Å². The van der Waals surface area contributed by atoms with E-state index in [1.54, 1.807) is 19.9 Å². The van der Waals surface area contributed by atoms with Crippen molar-refractivity contribution in [1.82, 2.24) is 4.90 Å². The first-order chi connectivity index (χ1) is 15.9. The van der Waals surface area contributed by atoms with Gasteiger partial charge in [-0.1, -0.05) is 24.3 Å². The maximum atomic E-state index is 13.6. The van der Waals surface area contributed by atoms with Gasteiger partial charge in [-0.3, -0.25) is 4.79 Å². The van der Waals surface area contributed by atoms with Crippen LogP contribution in [-0.4, -0.2) is 25.3 Å². The van der Waals surface area contributed by atoms with Crippen molar-refractivity contribution in [2.75, 3.05) is 0 Å². The average molecular weight is 495 g/mol. The number of amides is 1. The minimum absolute atomic E-state index is 0.0633. The highest BCUT2D eigenvalue weighted by Gasteiger charge is 2.32. The monoisotopic (exact) mass is 495 g/mol. The Hall–Kier alpha value is -3.40. The largest absolute Gasteiger partial charge is 0.416 e. The predicted octanol–water partition coefficient (Wildman–Crippen LogP) is 5.66. The average Bonchev–Trinajstić information content (AvgIpc) is 2.76. The lowest BCUT2D eigenvalue weighted by molar-refractivity contribution is -0.137. The highest BCUT2D eigenvalue weighted by atomic mass is 32.2. The van der Waals surface area contributed by atoms with Crippen molar-refractivity contribution < 1.29 is 35.0 Å². The Labute approximate surface area is 194 Å². The van der Waals surface area contributed by atoms with E-state index in [1.807, 2.05) is 0 Å². The number of nitrogens with zero attached hydrogens (tertiary/aromatic N) is 1. The minimum atomic E-state index is -4.71. The van der Waals surface area contributed by atoms with Gasteiger partial charge in [0.15, 0.2) is 0 Å². The molecular formula is C24H21F4NO4S. The van der Waals surface area contributed by atoms with E-state index in [2.05, 4.69) is 0 Å². The third kappa shape index (κ3) is 6.13. The number of rotatable bonds is 7. The van der Waals surface area contributed by atoms with E-state index < -0.39 is 38.5 Å². The van der Waals surface area contributed by atoms with Gasteiger partial charge in [0.2, 0.25) is 0 Å². The summed E-state index contributed by atoms with van der Waals surface area (Å²) >= 11 is 0. The van der Waals surface area contributed by atoms with Gasteiger partial charge in [0.25, 0.3) is 5.91 Å². The zero-order chi connectivity index (χ0) is 25.1. The van der Waals surface area contributed by atoms with Crippen molar-refractivity contribution >= 4 is 16.0 Å². The van der Waals surface area contributed by atoms with Crippen molar-refractivity contribution in [2.24, 2.45) is 0 Å². The normalized spacial score (nSPS) is 12.0. The van der Waals surface area contributed by atoms with Gasteiger partial charge >= 0.3 is 16.3 Å². The summed E-state index contributed by atoms with van der Waals surface area (Å²) < 4.78 is 82.6. The summed E-state index contributed by atoms with van der Waals surface area (Å²) in [5.74, 6) is -1.10. The minimum Gasteiger partial charge on any atom is -0.379 e. The van der Waals surface area contributed by atoms with Gasteiger partial charge < -0.3 is 9.08 Å². The number of hydrogen-bond acceptors (Lipinski definition) is 4. The maximum absolute atomic E-state index is 13.6. The van der Waals surface area contributed by atoms with E-state index in [4.69, 9.17) is 4.18 Å². The van der Waals surface area contributed by atoms with Crippen LogP contribution in [0.2, 0.25) is 0 Å². The fourth-order valence-corrected chi connectivity index (χ4v) is 4.14. The van der Waals surface area contributed by atoms with Crippen molar-refractivity contribution in [3.05, 3.63) is 95.3 Å². The molecule has 3 rings (SSSR count). The second-order valence-electron chi connectivity index (χ2n) is 7.75. The van der Waals surface area contributed by atoms with E-state index in [9.17, 15) is 30.8 Å². The molecule has 0 saturated carbocycles. The third-order valence-corrected chi connectivity index (χ3v) is 6.11. The molecule has 0 fully saturated rings. The van der Waals surface area contributed by atoms with Gasteiger partial charge in [-0.05, 0) is 67.9 Å². The number of benzene rings is 3. The van der Waals surface area contributed by atoms with Crippen LogP contribution >= 0.6 is 0 Å². The highest BCUT2D eigenvalue weighted by molar-refractivity contribution is 7.87. The molecule has 0 radical (unpaired) electrons. The molecule has 0 unspecified atom stereocenters. The molecule has 3 aromatic rings. The fourth-order valence-electron chi connectivity index (χ4n) is 3.17. The molecule has 0 aromatic heterocycles.